The van der Waals surface area contributed by atoms with Crippen LogP contribution in [0.3, 0.4) is 0 Å². The van der Waals surface area contributed by atoms with Crippen LogP contribution in [0.15, 0.2) is 0 Å². The van der Waals surface area contributed by atoms with Gasteiger partial charge in [-0.3, -0.25) is 9.69 Å². The highest BCUT2D eigenvalue weighted by Crippen LogP contribution is 2.32. The molecule has 0 bridgehead atoms. The van der Waals surface area contributed by atoms with Crippen molar-refractivity contribution in [1.29, 1.82) is 0 Å². The average Bonchev–Trinajstić information content (AvgIpc) is 2.55. The zero-order valence-corrected chi connectivity index (χ0v) is 16.1. The van der Waals surface area contributed by atoms with Gasteiger partial charge in [-0.1, -0.05) is 13.8 Å². The molecule has 5 nitrogen and oxygen atoms in total. The van der Waals surface area contributed by atoms with Crippen molar-refractivity contribution in [2.45, 2.75) is 45.6 Å². The lowest BCUT2D eigenvalue weighted by atomic mass is 9.76. The Kier molecular flexibility index (Phi) is 7.35. The lowest BCUT2D eigenvalue weighted by Crippen LogP contribution is -2.57. The summed E-state index contributed by atoms with van der Waals surface area (Å²) in [6, 6.07) is 0.00652. The third kappa shape index (κ3) is 4.84. The van der Waals surface area contributed by atoms with Gasteiger partial charge in [-0.25, -0.2) is 0 Å². The molecule has 3 saturated heterocycles. The van der Waals surface area contributed by atoms with Crippen LogP contribution in [0.1, 0.15) is 39.5 Å². The zero-order chi connectivity index (χ0) is 16.3. The monoisotopic (exact) mass is 359 g/mol. The Morgan fingerprint density at radius 3 is 2.46 bits per heavy atom. The predicted octanol–water partition coefficient (Wildman–Crippen LogP) is 1.76. The predicted molar refractivity (Wildman–Crippen MR) is 98.6 cm³/mol. The summed E-state index contributed by atoms with van der Waals surface area (Å²) in [5.41, 5.74) is 0.0833. The smallest absolute Gasteiger partial charge is 0.240 e. The van der Waals surface area contributed by atoms with E-state index in [9.17, 15) is 4.79 Å². The van der Waals surface area contributed by atoms with Gasteiger partial charge in [0.15, 0.2) is 0 Å². The van der Waals surface area contributed by atoms with Crippen LogP contribution in [-0.4, -0.2) is 74.2 Å². The van der Waals surface area contributed by atoms with E-state index in [2.05, 4.69) is 29.0 Å². The van der Waals surface area contributed by atoms with Gasteiger partial charge in [0, 0.05) is 32.7 Å². The number of amides is 1. The van der Waals surface area contributed by atoms with Crippen LogP contribution >= 0.6 is 12.4 Å². The van der Waals surface area contributed by atoms with Gasteiger partial charge in [0.25, 0.3) is 0 Å². The molecule has 0 saturated carbocycles. The largest absolute Gasteiger partial charge is 0.379 e. The minimum absolute atomic E-state index is 0. The molecule has 0 radical (unpaired) electrons. The standard InChI is InChI=1S/C18H33N3O2.ClH/c1-18(2)6-3-7-19-16(18)17(22)21-8-4-15(5-9-21)14-20-10-12-23-13-11-20;/h15-16,19H,3-14H2,1-2H3;1H. The average molecular weight is 360 g/mol. The first-order chi connectivity index (χ1) is 11.1. The van der Waals surface area contributed by atoms with Crippen molar-refractivity contribution in [2.75, 3.05) is 52.5 Å². The summed E-state index contributed by atoms with van der Waals surface area (Å²) < 4.78 is 5.42. The Balaban J connectivity index is 0.00000208. The van der Waals surface area contributed by atoms with E-state index in [0.29, 0.717) is 5.91 Å². The number of hydrogen-bond donors (Lipinski definition) is 1. The molecule has 3 fully saturated rings. The van der Waals surface area contributed by atoms with Crippen LogP contribution in [0.25, 0.3) is 0 Å². The molecule has 0 aromatic heterocycles. The maximum atomic E-state index is 12.9. The number of likely N-dealkylation sites (tertiary alicyclic amines) is 1. The van der Waals surface area contributed by atoms with E-state index in [-0.39, 0.29) is 23.9 Å². The number of piperidine rings is 2. The Morgan fingerprint density at radius 1 is 1.17 bits per heavy atom. The van der Waals surface area contributed by atoms with Gasteiger partial charge in [-0.05, 0) is 43.6 Å². The van der Waals surface area contributed by atoms with Crippen molar-refractivity contribution in [2.24, 2.45) is 11.3 Å². The number of nitrogens with one attached hydrogen (secondary N) is 1. The number of morpholine rings is 1. The third-order valence-electron chi connectivity index (χ3n) is 5.92. The fraction of sp³-hybridized carbons (Fsp3) is 0.944. The molecule has 6 heteroatoms. The Hall–Kier alpha value is -0.360. The molecule has 1 N–H and O–H groups in total. The molecule has 3 aliphatic rings. The maximum Gasteiger partial charge on any atom is 0.240 e. The van der Waals surface area contributed by atoms with Crippen LogP contribution in [0, 0.1) is 11.3 Å². The second kappa shape index (κ2) is 8.84. The quantitative estimate of drug-likeness (QED) is 0.834. The van der Waals surface area contributed by atoms with E-state index >= 15 is 0 Å². The zero-order valence-electron chi connectivity index (χ0n) is 15.3. The first-order valence-corrected chi connectivity index (χ1v) is 9.38. The summed E-state index contributed by atoms with van der Waals surface area (Å²) in [6.45, 7) is 12.4. The van der Waals surface area contributed by atoms with E-state index < -0.39 is 0 Å². The molecule has 0 aliphatic carbocycles. The lowest BCUT2D eigenvalue weighted by molar-refractivity contribution is -0.139. The summed E-state index contributed by atoms with van der Waals surface area (Å²) in [4.78, 5) is 17.5. The number of hydrogen-bond acceptors (Lipinski definition) is 4. The number of carbonyl (C=O) groups is 1. The van der Waals surface area contributed by atoms with Gasteiger partial charge in [0.1, 0.15) is 0 Å². The van der Waals surface area contributed by atoms with Crippen molar-refractivity contribution in [3.8, 4) is 0 Å². The molecule has 1 amide bonds. The molecule has 3 aliphatic heterocycles. The minimum Gasteiger partial charge on any atom is -0.379 e. The normalized spacial score (nSPS) is 29.1. The number of halogens is 1. The lowest BCUT2D eigenvalue weighted by Gasteiger charge is -2.43. The van der Waals surface area contributed by atoms with Crippen molar-refractivity contribution >= 4 is 18.3 Å². The first-order valence-electron chi connectivity index (χ1n) is 9.38. The molecular weight excluding hydrogens is 326 g/mol. The van der Waals surface area contributed by atoms with Gasteiger partial charge in [0.2, 0.25) is 5.91 Å². The van der Waals surface area contributed by atoms with Crippen molar-refractivity contribution in [3.63, 3.8) is 0 Å². The first kappa shape index (κ1) is 20.0. The topological polar surface area (TPSA) is 44.8 Å². The highest BCUT2D eigenvalue weighted by Gasteiger charge is 2.40. The maximum absolute atomic E-state index is 12.9. The Labute approximate surface area is 152 Å². The van der Waals surface area contributed by atoms with Crippen LogP contribution in [-0.2, 0) is 9.53 Å². The van der Waals surface area contributed by atoms with Gasteiger partial charge in [0.05, 0.1) is 19.3 Å². The van der Waals surface area contributed by atoms with Crippen LogP contribution in [0.4, 0.5) is 0 Å². The fourth-order valence-corrected chi connectivity index (χ4v) is 4.30. The highest BCUT2D eigenvalue weighted by molar-refractivity contribution is 5.85. The number of ether oxygens (including phenoxy) is 1. The number of carbonyl (C=O) groups excluding carboxylic acids is 1. The Morgan fingerprint density at radius 2 is 1.83 bits per heavy atom. The van der Waals surface area contributed by atoms with E-state index in [1.807, 2.05) is 0 Å². The third-order valence-corrected chi connectivity index (χ3v) is 5.92. The fourth-order valence-electron chi connectivity index (χ4n) is 4.30. The molecule has 0 aromatic rings. The Bertz CT molecular complexity index is 405. The molecule has 140 valence electrons. The van der Waals surface area contributed by atoms with E-state index in [0.717, 1.165) is 71.1 Å². The molecule has 0 aromatic carbocycles. The van der Waals surface area contributed by atoms with Crippen molar-refractivity contribution < 1.29 is 9.53 Å². The number of nitrogens with zero attached hydrogens (tertiary/aromatic N) is 2. The van der Waals surface area contributed by atoms with Crippen molar-refractivity contribution in [1.82, 2.24) is 15.1 Å². The second-order valence-electron chi connectivity index (χ2n) is 8.16. The summed E-state index contributed by atoms with van der Waals surface area (Å²) in [5, 5.41) is 3.47. The molecule has 3 rings (SSSR count). The second-order valence-corrected chi connectivity index (χ2v) is 8.16. The molecule has 3 heterocycles. The van der Waals surface area contributed by atoms with Gasteiger partial charge >= 0.3 is 0 Å². The summed E-state index contributed by atoms with van der Waals surface area (Å²) >= 11 is 0. The van der Waals surface area contributed by atoms with Gasteiger partial charge in [-0.15, -0.1) is 12.4 Å². The van der Waals surface area contributed by atoms with Gasteiger partial charge < -0.3 is 15.0 Å². The SMILES string of the molecule is CC1(C)CCCNC1C(=O)N1CCC(CN2CCOCC2)CC1.Cl. The molecule has 1 unspecified atom stereocenters. The summed E-state index contributed by atoms with van der Waals surface area (Å²) in [6.07, 6.45) is 4.62. The molecular formula is C18H34ClN3O2. The molecule has 24 heavy (non-hydrogen) atoms. The van der Waals surface area contributed by atoms with Crippen LogP contribution < -0.4 is 5.32 Å². The summed E-state index contributed by atoms with van der Waals surface area (Å²) in [7, 11) is 0. The number of rotatable bonds is 3. The van der Waals surface area contributed by atoms with Crippen LogP contribution in [0.2, 0.25) is 0 Å². The minimum atomic E-state index is 0. The van der Waals surface area contributed by atoms with Crippen molar-refractivity contribution in [3.05, 3.63) is 0 Å². The highest BCUT2D eigenvalue weighted by atomic mass is 35.5. The summed E-state index contributed by atoms with van der Waals surface area (Å²) in [5.74, 6) is 1.07. The van der Waals surface area contributed by atoms with E-state index in [1.54, 1.807) is 0 Å². The van der Waals surface area contributed by atoms with E-state index in [4.69, 9.17) is 4.74 Å². The molecule has 0 spiro atoms. The van der Waals surface area contributed by atoms with Gasteiger partial charge in [-0.2, -0.15) is 0 Å². The molecule has 1 atom stereocenters. The van der Waals surface area contributed by atoms with E-state index in [1.165, 1.54) is 13.0 Å². The van der Waals surface area contributed by atoms with Crippen LogP contribution in [0.5, 0.6) is 0 Å².